The van der Waals surface area contributed by atoms with E-state index < -0.39 is 0 Å². The van der Waals surface area contributed by atoms with E-state index in [1.807, 2.05) is 31.2 Å². The highest BCUT2D eigenvalue weighted by atomic mass is 32.1. The van der Waals surface area contributed by atoms with Crippen LogP contribution in [0.1, 0.15) is 11.4 Å². The molecule has 2 heterocycles. The minimum absolute atomic E-state index is 0.159. The Bertz CT molecular complexity index is 965. The second-order valence-corrected chi connectivity index (χ2v) is 8.46. The first-order valence-electron chi connectivity index (χ1n) is 8.72. The zero-order valence-corrected chi connectivity index (χ0v) is 15.0. The van der Waals surface area contributed by atoms with E-state index in [9.17, 15) is 14.4 Å². The molecule has 2 fully saturated rings. The molecule has 7 heteroatoms. The fourth-order valence-corrected chi connectivity index (χ4v) is 5.45. The smallest absolute Gasteiger partial charge is 0.244 e. The van der Waals surface area contributed by atoms with E-state index in [0.29, 0.717) is 5.69 Å². The lowest BCUT2D eigenvalue weighted by molar-refractivity contribution is -0.143. The summed E-state index contributed by atoms with van der Waals surface area (Å²) in [7, 11) is 0. The van der Waals surface area contributed by atoms with E-state index in [1.54, 1.807) is 17.4 Å². The molecule has 1 N–H and O–H groups in total. The summed E-state index contributed by atoms with van der Waals surface area (Å²) in [5, 5.41) is 3.76. The number of amides is 3. The average molecular weight is 367 g/mol. The fraction of sp³-hybridized carbons (Fsp3) is 0.368. The fourth-order valence-electron chi connectivity index (χ4n) is 4.58. The number of aryl methyl sites for hydroxylation is 1. The Hall–Kier alpha value is -2.54. The number of anilines is 1. The van der Waals surface area contributed by atoms with Gasteiger partial charge in [0.05, 0.1) is 27.1 Å². The molecule has 2 aromatic rings. The van der Waals surface area contributed by atoms with Gasteiger partial charge in [-0.2, -0.15) is 0 Å². The summed E-state index contributed by atoms with van der Waals surface area (Å²) in [6, 6.07) is 5.50. The van der Waals surface area contributed by atoms with Crippen molar-refractivity contribution in [2.75, 3.05) is 11.9 Å². The number of likely N-dealkylation sites (tertiary alicyclic amines) is 1. The Morgan fingerprint density at radius 3 is 2.62 bits per heavy atom. The maximum atomic E-state index is 12.6. The highest BCUT2D eigenvalue weighted by Crippen LogP contribution is 2.52. The number of aromatic nitrogens is 1. The van der Waals surface area contributed by atoms with E-state index in [1.165, 1.54) is 0 Å². The molecule has 6 nitrogen and oxygen atoms in total. The molecule has 0 unspecified atom stereocenters. The van der Waals surface area contributed by atoms with Crippen LogP contribution in [0.15, 0.2) is 30.4 Å². The number of imide groups is 1. The first-order chi connectivity index (χ1) is 12.5. The highest BCUT2D eigenvalue weighted by molar-refractivity contribution is 7.18. The Labute approximate surface area is 153 Å². The summed E-state index contributed by atoms with van der Waals surface area (Å²) in [5.74, 6) is -0.949. The van der Waals surface area contributed by atoms with Crippen molar-refractivity contribution in [3.05, 3.63) is 35.4 Å². The predicted octanol–water partition coefficient (Wildman–Crippen LogP) is 2.35. The number of rotatable bonds is 3. The van der Waals surface area contributed by atoms with Gasteiger partial charge in [-0.3, -0.25) is 19.3 Å². The Morgan fingerprint density at radius 1 is 1.23 bits per heavy atom. The van der Waals surface area contributed by atoms with Gasteiger partial charge in [-0.05, 0) is 43.4 Å². The van der Waals surface area contributed by atoms with Gasteiger partial charge in [-0.15, -0.1) is 11.3 Å². The average Bonchev–Trinajstić information content (AvgIpc) is 3.34. The molecule has 26 heavy (non-hydrogen) atoms. The van der Waals surface area contributed by atoms with Crippen molar-refractivity contribution >= 4 is 45.0 Å². The van der Waals surface area contributed by atoms with Gasteiger partial charge >= 0.3 is 0 Å². The third-order valence-electron chi connectivity index (χ3n) is 5.64. The van der Waals surface area contributed by atoms with Crippen LogP contribution in [0.3, 0.4) is 0 Å². The molecule has 1 saturated carbocycles. The molecule has 4 atom stereocenters. The quantitative estimate of drug-likeness (QED) is 0.667. The van der Waals surface area contributed by atoms with Crippen LogP contribution in [0.2, 0.25) is 0 Å². The highest BCUT2D eigenvalue weighted by Gasteiger charge is 2.59. The maximum Gasteiger partial charge on any atom is 0.244 e. The van der Waals surface area contributed by atoms with Crippen molar-refractivity contribution in [2.45, 2.75) is 13.3 Å². The van der Waals surface area contributed by atoms with E-state index in [0.717, 1.165) is 26.5 Å². The summed E-state index contributed by atoms with van der Waals surface area (Å²) in [6.45, 7) is 1.72. The van der Waals surface area contributed by atoms with E-state index in [-0.39, 0.29) is 47.9 Å². The van der Waals surface area contributed by atoms with Gasteiger partial charge in [-0.1, -0.05) is 12.2 Å². The van der Waals surface area contributed by atoms with E-state index >= 15 is 0 Å². The molecule has 0 radical (unpaired) electrons. The third-order valence-corrected chi connectivity index (χ3v) is 6.58. The van der Waals surface area contributed by atoms with Crippen LogP contribution in [0.4, 0.5) is 5.69 Å². The summed E-state index contributed by atoms with van der Waals surface area (Å²) >= 11 is 1.56. The minimum atomic E-state index is -0.354. The minimum Gasteiger partial charge on any atom is -0.324 e. The molecule has 132 valence electrons. The number of hydrogen-bond acceptors (Lipinski definition) is 5. The van der Waals surface area contributed by atoms with Gasteiger partial charge in [-0.25, -0.2) is 4.98 Å². The van der Waals surface area contributed by atoms with Crippen molar-refractivity contribution in [3.8, 4) is 0 Å². The third kappa shape index (κ3) is 2.23. The lowest BCUT2D eigenvalue weighted by atomic mass is 9.85. The molecule has 0 spiro atoms. The molecule has 5 rings (SSSR count). The first kappa shape index (κ1) is 15.7. The van der Waals surface area contributed by atoms with Gasteiger partial charge in [0.25, 0.3) is 0 Å². The number of benzene rings is 1. The van der Waals surface area contributed by atoms with Crippen LogP contribution in [0.25, 0.3) is 10.2 Å². The molecule has 1 aromatic heterocycles. The Balaban J connectivity index is 1.31. The normalized spacial score (nSPS) is 29.0. The zero-order valence-electron chi connectivity index (χ0n) is 14.1. The molecule has 1 aromatic carbocycles. The van der Waals surface area contributed by atoms with Crippen molar-refractivity contribution in [3.63, 3.8) is 0 Å². The zero-order chi connectivity index (χ0) is 18.0. The molecule has 1 aliphatic heterocycles. The SMILES string of the molecule is Cc1nc2ccc(NC(=O)CN3C(=O)[C@@H]4[C@@H](C3=O)[C@H]3C=C[C@@H]4C3)cc2s1. The Kier molecular flexibility index (Phi) is 3.31. The summed E-state index contributed by atoms with van der Waals surface area (Å²) < 4.78 is 0.991. The lowest BCUT2D eigenvalue weighted by Gasteiger charge is -2.16. The largest absolute Gasteiger partial charge is 0.324 e. The van der Waals surface area contributed by atoms with Crippen molar-refractivity contribution in [1.29, 1.82) is 0 Å². The number of fused-ring (bicyclic) bond motifs is 6. The maximum absolute atomic E-state index is 12.6. The number of carbonyl (C=O) groups is 3. The first-order valence-corrected chi connectivity index (χ1v) is 9.53. The predicted molar refractivity (Wildman–Crippen MR) is 97.4 cm³/mol. The molecule has 3 amide bonds. The van der Waals surface area contributed by atoms with Gasteiger partial charge in [0.2, 0.25) is 17.7 Å². The molecular formula is C19H17N3O3S. The number of carbonyl (C=O) groups excluding carboxylic acids is 3. The van der Waals surface area contributed by atoms with E-state index in [4.69, 9.17) is 0 Å². The number of allylic oxidation sites excluding steroid dienone is 2. The van der Waals surface area contributed by atoms with Crippen LogP contribution in [-0.4, -0.2) is 34.2 Å². The molecule has 3 aliphatic rings. The van der Waals surface area contributed by atoms with Crippen molar-refractivity contribution in [2.24, 2.45) is 23.7 Å². The summed E-state index contributed by atoms with van der Waals surface area (Å²) in [5.41, 5.74) is 1.54. The standard InChI is InChI=1S/C19H17N3O3S/c1-9-20-13-5-4-12(7-14(13)26-9)21-15(23)8-22-18(24)16-10-2-3-11(6-10)17(16)19(22)25/h2-5,7,10-11,16-17H,6,8H2,1H3,(H,21,23)/t10-,11+,16-,17-/m0/s1. The number of thiazole rings is 1. The molecule has 2 bridgehead atoms. The van der Waals surface area contributed by atoms with Gasteiger partial charge in [0.15, 0.2) is 0 Å². The van der Waals surface area contributed by atoms with Gasteiger partial charge < -0.3 is 5.32 Å². The van der Waals surface area contributed by atoms with E-state index in [2.05, 4.69) is 10.3 Å². The second-order valence-electron chi connectivity index (χ2n) is 7.23. The van der Waals surface area contributed by atoms with Crippen LogP contribution in [0, 0.1) is 30.6 Å². The molecule has 1 saturated heterocycles. The number of hydrogen-bond donors (Lipinski definition) is 1. The van der Waals surface area contributed by atoms with Crippen LogP contribution in [0.5, 0.6) is 0 Å². The van der Waals surface area contributed by atoms with Crippen LogP contribution in [-0.2, 0) is 14.4 Å². The van der Waals surface area contributed by atoms with Crippen LogP contribution >= 0.6 is 11.3 Å². The number of nitrogens with zero attached hydrogens (tertiary/aromatic N) is 2. The molecular weight excluding hydrogens is 350 g/mol. The number of nitrogens with one attached hydrogen (secondary N) is 1. The summed E-state index contributed by atoms with van der Waals surface area (Å²) in [4.78, 5) is 43.2. The van der Waals surface area contributed by atoms with Gasteiger partial charge in [0, 0.05) is 5.69 Å². The summed E-state index contributed by atoms with van der Waals surface area (Å²) in [6.07, 6.45) is 4.99. The van der Waals surface area contributed by atoms with Crippen LogP contribution < -0.4 is 5.32 Å². The monoisotopic (exact) mass is 367 g/mol. The molecule has 2 aliphatic carbocycles. The Morgan fingerprint density at radius 2 is 1.92 bits per heavy atom. The second kappa shape index (κ2) is 5.48. The van der Waals surface area contributed by atoms with Gasteiger partial charge in [0.1, 0.15) is 6.54 Å². The van der Waals surface area contributed by atoms with Crippen molar-refractivity contribution < 1.29 is 14.4 Å². The topological polar surface area (TPSA) is 79.4 Å². The van der Waals surface area contributed by atoms with Crippen molar-refractivity contribution in [1.82, 2.24) is 9.88 Å². The lowest BCUT2D eigenvalue weighted by Crippen LogP contribution is -2.39.